The number of nitrogen functional groups attached to an aromatic ring is 1. The molecule has 0 amide bonds. The van der Waals surface area contributed by atoms with Gasteiger partial charge >= 0.3 is 0 Å². The molecule has 2 rings (SSSR count). The summed E-state index contributed by atoms with van der Waals surface area (Å²) in [6.45, 7) is 2.90. The van der Waals surface area contributed by atoms with Gasteiger partial charge in [-0.25, -0.2) is 4.98 Å². The summed E-state index contributed by atoms with van der Waals surface area (Å²) in [5.41, 5.74) is 7.71. The van der Waals surface area contributed by atoms with Gasteiger partial charge in [-0.05, 0) is 32.3 Å². The summed E-state index contributed by atoms with van der Waals surface area (Å²) in [5.74, 6) is 0.494. The van der Waals surface area contributed by atoms with Crippen molar-refractivity contribution in [2.45, 2.75) is 6.54 Å². The molecular weight excluding hydrogens is 264 g/mol. The van der Waals surface area contributed by atoms with Crippen LogP contribution in [-0.4, -0.2) is 48.3 Å². The van der Waals surface area contributed by atoms with E-state index in [1.165, 1.54) is 0 Å². The number of nitrogens with two attached hydrogens (primary N) is 1. The van der Waals surface area contributed by atoms with Gasteiger partial charge in [-0.3, -0.25) is 0 Å². The fourth-order valence-electron chi connectivity index (χ4n) is 1.85. The number of rotatable bonds is 6. The van der Waals surface area contributed by atoms with Crippen LogP contribution in [0.4, 0.5) is 5.95 Å². The normalized spacial score (nSPS) is 11.6. The first-order chi connectivity index (χ1) is 9.08. The zero-order chi connectivity index (χ0) is 13.8. The van der Waals surface area contributed by atoms with E-state index in [4.69, 9.17) is 22.1 Å². The van der Waals surface area contributed by atoms with Gasteiger partial charge in [-0.2, -0.15) is 0 Å². The van der Waals surface area contributed by atoms with Crippen molar-refractivity contribution in [1.82, 2.24) is 14.5 Å². The molecule has 2 aromatic rings. The van der Waals surface area contributed by atoms with E-state index in [-0.39, 0.29) is 0 Å². The van der Waals surface area contributed by atoms with Crippen LogP contribution in [0.1, 0.15) is 0 Å². The van der Waals surface area contributed by atoms with Crippen LogP contribution in [0.2, 0.25) is 5.02 Å². The van der Waals surface area contributed by atoms with Crippen molar-refractivity contribution in [3.05, 3.63) is 23.2 Å². The number of hydrogen-bond acceptors (Lipinski definition) is 4. The first-order valence-electron chi connectivity index (χ1n) is 6.21. The van der Waals surface area contributed by atoms with Gasteiger partial charge in [0.1, 0.15) is 0 Å². The summed E-state index contributed by atoms with van der Waals surface area (Å²) < 4.78 is 7.50. The van der Waals surface area contributed by atoms with Gasteiger partial charge in [0.05, 0.1) is 24.2 Å². The molecule has 6 heteroatoms. The van der Waals surface area contributed by atoms with E-state index in [0.29, 0.717) is 30.7 Å². The number of imidazole rings is 1. The van der Waals surface area contributed by atoms with E-state index < -0.39 is 0 Å². The highest BCUT2D eigenvalue weighted by atomic mass is 35.5. The van der Waals surface area contributed by atoms with Crippen LogP contribution in [0.5, 0.6) is 0 Å². The molecular formula is C13H19ClN4O. The molecule has 1 aromatic heterocycles. The highest BCUT2D eigenvalue weighted by Crippen LogP contribution is 2.21. The van der Waals surface area contributed by atoms with Gasteiger partial charge < -0.3 is 19.9 Å². The Morgan fingerprint density at radius 2 is 2.16 bits per heavy atom. The van der Waals surface area contributed by atoms with Crippen molar-refractivity contribution in [3.63, 3.8) is 0 Å². The van der Waals surface area contributed by atoms with Crippen molar-refractivity contribution in [1.29, 1.82) is 0 Å². The zero-order valence-electron chi connectivity index (χ0n) is 11.3. The van der Waals surface area contributed by atoms with Gasteiger partial charge in [0.2, 0.25) is 5.95 Å². The summed E-state index contributed by atoms with van der Waals surface area (Å²) in [5, 5.41) is 0.683. The maximum Gasteiger partial charge on any atom is 0.201 e. The van der Waals surface area contributed by atoms with Gasteiger partial charge in [0.25, 0.3) is 0 Å². The minimum atomic E-state index is 0.494. The molecule has 0 fully saturated rings. The molecule has 0 radical (unpaired) electrons. The Labute approximate surface area is 117 Å². The number of anilines is 1. The van der Waals surface area contributed by atoms with Crippen LogP contribution in [0, 0.1) is 0 Å². The third-order valence-electron chi connectivity index (χ3n) is 2.88. The van der Waals surface area contributed by atoms with Gasteiger partial charge in [0.15, 0.2) is 0 Å². The predicted molar refractivity (Wildman–Crippen MR) is 78.5 cm³/mol. The van der Waals surface area contributed by atoms with Crippen molar-refractivity contribution in [3.8, 4) is 0 Å². The van der Waals surface area contributed by atoms with E-state index in [2.05, 4.69) is 9.88 Å². The van der Waals surface area contributed by atoms with Gasteiger partial charge in [-0.15, -0.1) is 0 Å². The highest BCUT2D eigenvalue weighted by molar-refractivity contribution is 6.31. The number of aromatic nitrogens is 2. The topological polar surface area (TPSA) is 56.3 Å². The first-order valence-corrected chi connectivity index (χ1v) is 6.59. The van der Waals surface area contributed by atoms with Crippen LogP contribution in [0.15, 0.2) is 18.2 Å². The lowest BCUT2D eigenvalue weighted by molar-refractivity contribution is 0.112. The largest absolute Gasteiger partial charge is 0.378 e. The molecule has 0 saturated carbocycles. The molecule has 5 nitrogen and oxygen atoms in total. The molecule has 104 valence electrons. The van der Waals surface area contributed by atoms with Gasteiger partial charge in [0, 0.05) is 18.1 Å². The number of ether oxygens (including phenoxy) is 1. The van der Waals surface area contributed by atoms with E-state index in [1.807, 2.05) is 36.9 Å². The molecule has 19 heavy (non-hydrogen) atoms. The maximum atomic E-state index is 6.00. The standard InChI is InChI=1S/C13H19ClN4O/c1-17(2)5-7-19-8-6-18-12-9-10(14)3-4-11(12)16-13(18)15/h3-4,9H,5-8H2,1-2H3,(H2,15,16). The summed E-state index contributed by atoms with van der Waals surface area (Å²) >= 11 is 6.00. The van der Waals surface area contributed by atoms with Crippen LogP contribution >= 0.6 is 11.6 Å². The summed E-state index contributed by atoms with van der Waals surface area (Å²) in [7, 11) is 4.04. The Kier molecular flexibility index (Phi) is 4.63. The number of likely N-dealkylation sites (N-methyl/N-ethyl adjacent to an activating group) is 1. The van der Waals surface area contributed by atoms with E-state index in [9.17, 15) is 0 Å². The maximum absolute atomic E-state index is 6.00. The lowest BCUT2D eigenvalue weighted by Gasteiger charge is -2.11. The Balaban J connectivity index is 2.00. The first kappa shape index (κ1) is 14.1. The number of benzene rings is 1. The molecule has 0 unspecified atom stereocenters. The number of hydrogen-bond donors (Lipinski definition) is 1. The summed E-state index contributed by atoms with van der Waals surface area (Å²) in [6.07, 6.45) is 0. The highest BCUT2D eigenvalue weighted by Gasteiger charge is 2.08. The molecule has 0 saturated heterocycles. The van der Waals surface area contributed by atoms with Crippen molar-refractivity contribution in [2.24, 2.45) is 0 Å². The Morgan fingerprint density at radius 3 is 2.89 bits per heavy atom. The molecule has 1 heterocycles. The molecule has 0 aliphatic carbocycles. The SMILES string of the molecule is CN(C)CCOCCn1c(N)nc2ccc(Cl)cc21. The third kappa shape index (κ3) is 3.59. The van der Waals surface area contributed by atoms with Crippen molar-refractivity contribution >= 4 is 28.6 Å². The quantitative estimate of drug-likeness (QED) is 0.822. The summed E-state index contributed by atoms with van der Waals surface area (Å²) in [4.78, 5) is 6.38. The Bertz CT molecular complexity index is 553. The average molecular weight is 283 g/mol. The molecule has 0 aliphatic rings. The van der Waals surface area contributed by atoms with Crippen molar-refractivity contribution < 1.29 is 4.74 Å². The van der Waals surface area contributed by atoms with Crippen LogP contribution in [0.3, 0.4) is 0 Å². The zero-order valence-corrected chi connectivity index (χ0v) is 12.0. The second kappa shape index (κ2) is 6.23. The summed E-state index contributed by atoms with van der Waals surface area (Å²) in [6, 6.07) is 5.56. The fraction of sp³-hybridized carbons (Fsp3) is 0.462. The average Bonchev–Trinajstić information content (AvgIpc) is 2.65. The lowest BCUT2D eigenvalue weighted by Crippen LogP contribution is -2.19. The van der Waals surface area contributed by atoms with Gasteiger partial charge in [-0.1, -0.05) is 11.6 Å². The number of nitrogens with zero attached hydrogens (tertiary/aromatic N) is 3. The van der Waals surface area contributed by atoms with Crippen LogP contribution < -0.4 is 5.73 Å². The minimum absolute atomic E-state index is 0.494. The van der Waals surface area contributed by atoms with Crippen LogP contribution in [-0.2, 0) is 11.3 Å². The van der Waals surface area contributed by atoms with E-state index in [0.717, 1.165) is 17.6 Å². The Hall–Kier alpha value is -1.30. The number of halogens is 1. The molecule has 0 atom stereocenters. The van der Waals surface area contributed by atoms with E-state index in [1.54, 1.807) is 0 Å². The molecule has 2 N–H and O–H groups in total. The van der Waals surface area contributed by atoms with Crippen LogP contribution in [0.25, 0.3) is 11.0 Å². The minimum Gasteiger partial charge on any atom is -0.378 e. The lowest BCUT2D eigenvalue weighted by atomic mass is 10.3. The second-order valence-electron chi connectivity index (χ2n) is 4.67. The second-order valence-corrected chi connectivity index (χ2v) is 5.11. The van der Waals surface area contributed by atoms with Crippen molar-refractivity contribution in [2.75, 3.05) is 39.6 Å². The Morgan fingerprint density at radius 1 is 1.37 bits per heavy atom. The molecule has 0 aliphatic heterocycles. The monoisotopic (exact) mass is 282 g/mol. The smallest absolute Gasteiger partial charge is 0.201 e. The predicted octanol–water partition coefficient (Wildman–Crippen LogP) is 1.85. The fourth-order valence-corrected chi connectivity index (χ4v) is 2.02. The number of fused-ring (bicyclic) bond motifs is 1. The van der Waals surface area contributed by atoms with E-state index >= 15 is 0 Å². The molecule has 1 aromatic carbocycles. The molecule has 0 bridgehead atoms. The third-order valence-corrected chi connectivity index (χ3v) is 3.12. The molecule has 0 spiro atoms.